The summed E-state index contributed by atoms with van der Waals surface area (Å²) in [4.78, 5) is 30.5. The Bertz CT molecular complexity index is 826. The summed E-state index contributed by atoms with van der Waals surface area (Å²) in [6.07, 6.45) is 4.33. The van der Waals surface area contributed by atoms with Crippen LogP contribution in [0.15, 0.2) is 23.6 Å². The van der Waals surface area contributed by atoms with E-state index >= 15 is 0 Å². The first-order valence-electron chi connectivity index (χ1n) is 8.85. The normalized spacial score (nSPS) is 16.0. The molecule has 1 N–H and O–H groups in total. The van der Waals surface area contributed by atoms with Gasteiger partial charge in [0, 0.05) is 35.5 Å². The minimum Gasteiger partial charge on any atom is -0.312 e. The van der Waals surface area contributed by atoms with Crippen LogP contribution in [0.5, 0.6) is 0 Å². The summed E-state index contributed by atoms with van der Waals surface area (Å²) in [6.45, 7) is 2.79. The lowest BCUT2D eigenvalue weighted by Crippen LogP contribution is -2.28. The molecule has 0 radical (unpaired) electrons. The van der Waals surface area contributed by atoms with Crippen molar-refractivity contribution in [2.45, 2.75) is 39.0 Å². The van der Waals surface area contributed by atoms with E-state index in [0.29, 0.717) is 11.6 Å². The quantitative estimate of drug-likeness (QED) is 0.886. The van der Waals surface area contributed by atoms with Crippen molar-refractivity contribution in [3.05, 3.63) is 29.1 Å². The number of carbonyl (C=O) groups excluding carboxylic acids is 2. The zero-order valence-electron chi connectivity index (χ0n) is 14.2. The van der Waals surface area contributed by atoms with E-state index in [4.69, 9.17) is 0 Å². The van der Waals surface area contributed by atoms with E-state index in [1.807, 2.05) is 29.3 Å². The van der Waals surface area contributed by atoms with Gasteiger partial charge in [-0.1, -0.05) is 13.0 Å². The average Bonchev–Trinajstić information content (AvgIpc) is 3.22. The summed E-state index contributed by atoms with van der Waals surface area (Å²) in [5.41, 5.74) is 4.13. The van der Waals surface area contributed by atoms with Crippen molar-refractivity contribution in [2.24, 2.45) is 5.92 Å². The van der Waals surface area contributed by atoms with E-state index in [9.17, 15) is 9.59 Å². The summed E-state index contributed by atoms with van der Waals surface area (Å²) in [5.74, 6) is 0.464. The molecule has 2 amide bonds. The lowest BCUT2D eigenvalue weighted by molar-refractivity contribution is -0.118. The summed E-state index contributed by atoms with van der Waals surface area (Å²) in [7, 11) is 0. The molecule has 1 aliphatic carbocycles. The number of fused-ring (bicyclic) bond motifs is 1. The molecule has 1 aliphatic heterocycles. The number of nitrogens with zero attached hydrogens (tertiary/aromatic N) is 2. The first-order valence-corrected chi connectivity index (χ1v) is 9.73. The highest BCUT2D eigenvalue weighted by Crippen LogP contribution is 2.35. The van der Waals surface area contributed by atoms with E-state index in [2.05, 4.69) is 16.4 Å². The largest absolute Gasteiger partial charge is 0.312 e. The molecule has 4 rings (SSSR count). The highest BCUT2D eigenvalue weighted by molar-refractivity contribution is 7.14. The van der Waals surface area contributed by atoms with Crippen LogP contribution in [0.4, 0.5) is 10.8 Å². The number of carbonyl (C=O) groups is 2. The monoisotopic (exact) mass is 355 g/mol. The second kappa shape index (κ2) is 6.59. The van der Waals surface area contributed by atoms with Gasteiger partial charge in [-0.25, -0.2) is 4.98 Å². The Kier molecular flexibility index (Phi) is 4.29. The molecule has 5 nitrogen and oxygen atoms in total. The molecule has 25 heavy (non-hydrogen) atoms. The molecule has 2 aromatic rings. The van der Waals surface area contributed by atoms with E-state index in [-0.39, 0.29) is 17.7 Å². The highest BCUT2D eigenvalue weighted by Gasteiger charge is 2.30. The summed E-state index contributed by atoms with van der Waals surface area (Å²) in [5, 5.41) is 5.53. The molecule has 0 spiro atoms. The molecular formula is C19H21N3O2S. The molecule has 2 heterocycles. The van der Waals surface area contributed by atoms with Gasteiger partial charge in [0.1, 0.15) is 0 Å². The average molecular weight is 355 g/mol. The van der Waals surface area contributed by atoms with Crippen LogP contribution in [0.1, 0.15) is 38.2 Å². The molecule has 2 aliphatic rings. The van der Waals surface area contributed by atoms with Crippen molar-refractivity contribution < 1.29 is 9.59 Å². The first-order chi connectivity index (χ1) is 12.2. The van der Waals surface area contributed by atoms with Crippen LogP contribution in [0.3, 0.4) is 0 Å². The number of hydrogen-bond acceptors (Lipinski definition) is 4. The number of thiazole rings is 1. The topological polar surface area (TPSA) is 62.3 Å². The molecule has 1 fully saturated rings. The fourth-order valence-electron chi connectivity index (χ4n) is 3.19. The fourth-order valence-corrected chi connectivity index (χ4v) is 3.91. The predicted octanol–water partition coefficient (Wildman–Crippen LogP) is 3.85. The molecule has 1 aromatic heterocycles. The lowest BCUT2D eigenvalue weighted by atomic mass is 10.1. The van der Waals surface area contributed by atoms with Gasteiger partial charge in [0.25, 0.3) is 0 Å². The molecule has 0 saturated heterocycles. The molecule has 0 atom stereocenters. The number of rotatable bonds is 5. The van der Waals surface area contributed by atoms with Crippen molar-refractivity contribution in [3.8, 4) is 11.3 Å². The maximum Gasteiger partial charge on any atom is 0.229 e. The van der Waals surface area contributed by atoms with Gasteiger partial charge in [-0.3, -0.25) is 9.59 Å². The van der Waals surface area contributed by atoms with Gasteiger partial charge in [-0.05, 0) is 43.4 Å². The SMILES string of the molecule is CCCC(=O)N1CCc2cc(-c3csc(NC(=O)C4CC4)n3)ccc21. The van der Waals surface area contributed by atoms with E-state index < -0.39 is 0 Å². The van der Waals surface area contributed by atoms with Gasteiger partial charge in [0.15, 0.2) is 5.13 Å². The highest BCUT2D eigenvalue weighted by atomic mass is 32.1. The molecule has 6 heteroatoms. The number of amides is 2. The van der Waals surface area contributed by atoms with Crippen molar-refractivity contribution in [1.82, 2.24) is 4.98 Å². The van der Waals surface area contributed by atoms with Crippen LogP contribution in [0.25, 0.3) is 11.3 Å². The molecule has 130 valence electrons. The van der Waals surface area contributed by atoms with E-state index in [1.165, 1.54) is 16.9 Å². The third-order valence-corrected chi connectivity index (χ3v) is 5.48. The maximum atomic E-state index is 12.2. The molecule has 1 aromatic carbocycles. The minimum absolute atomic E-state index is 0.0833. The van der Waals surface area contributed by atoms with Crippen molar-refractivity contribution in [3.63, 3.8) is 0 Å². The third-order valence-electron chi connectivity index (χ3n) is 4.72. The Hall–Kier alpha value is -2.21. The molecule has 0 bridgehead atoms. The number of anilines is 2. The Morgan fingerprint density at radius 1 is 1.36 bits per heavy atom. The van der Waals surface area contributed by atoms with Crippen molar-refractivity contribution >= 4 is 34.0 Å². The third kappa shape index (κ3) is 3.31. The van der Waals surface area contributed by atoms with Crippen LogP contribution in [0, 0.1) is 5.92 Å². The van der Waals surface area contributed by atoms with Crippen LogP contribution in [-0.4, -0.2) is 23.3 Å². The van der Waals surface area contributed by atoms with Crippen molar-refractivity contribution in [2.75, 3.05) is 16.8 Å². The zero-order valence-corrected chi connectivity index (χ0v) is 15.1. The Morgan fingerprint density at radius 2 is 2.20 bits per heavy atom. The second-order valence-electron chi connectivity index (χ2n) is 6.69. The lowest BCUT2D eigenvalue weighted by Gasteiger charge is -2.17. The van der Waals surface area contributed by atoms with Crippen LogP contribution in [-0.2, 0) is 16.0 Å². The van der Waals surface area contributed by atoms with E-state index in [1.54, 1.807) is 0 Å². The standard InChI is InChI=1S/C19H21N3O2S/c1-2-3-17(23)22-9-8-14-10-13(6-7-16(14)22)15-11-25-19(20-15)21-18(24)12-4-5-12/h6-7,10-12H,2-5,8-9H2,1H3,(H,20,21,24). The molecule has 0 unspecified atom stereocenters. The van der Waals surface area contributed by atoms with E-state index in [0.717, 1.165) is 49.2 Å². The Balaban J connectivity index is 1.51. The number of aromatic nitrogens is 1. The second-order valence-corrected chi connectivity index (χ2v) is 7.55. The number of benzene rings is 1. The zero-order chi connectivity index (χ0) is 17.4. The maximum absolute atomic E-state index is 12.2. The number of hydrogen-bond donors (Lipinski definition) is 1. The van der Waals surface area contributed by atoms with Crippen LogP contribution < -0.4 is 10.2 Å². The van der Waals surface area contributed by atoms with Gasteiger partial charge in [-0.15, -0.1) is 11.3 Å². The first kappa shape index (κ1) is 16.3. The summed E-state index contributed by atoms with van der Waals surface area (Å²) >= 11 is 1.46. The molecular weight excluding hydrogens is 334 g/mol. The number of nitrogens with one attached hydrogen (secondary N) is 1. The summed E-state index contributed by atoms with van der Waals surface area (Å²) in [6, 6.07) is 6.15. The van der Waals surface area contributed by atoms with Crippen LogP contribution in [0.2, 0.25) is 0 Å². The van der Waals surface area contributed by atoms with Gasteiger partial charge in [0.05, 0.1) is 5.69 Å². The predicted molar refractivity (Wildman–Crippen MR) is 99.9 cm³/mol. The van der Waals surface area contributed by atoms with Gasteiger partial charge < -0.3 is 10.2 Å². The minimum atomic E-state index is 0.0833. The van der Waals surface area contributed by atoms with Crippen LogP contribution >= 0.6 is 11.3 Å². The fraction of sp³-hybridized carbons (Fsp3) is 0.421. The molecule has 1 saturated carbocycles. The van der Waals surface area contributed by atoms with Gasteiger partial charge in [-0.2, -0.15) is 0 Å². The summed E-state index contributed by atoms with van der Waals surface area (Å²) < 4.78 is 0. The van der Waals surface area contributed by atoms with Gasteiger partial charge in [0.2, 0.25) is 11.8 Å². The Labute approximate surface area is 151 Å². The Morgan fingerprint density at radius 3 is 2.96 bits per heavy atom. The smallest absolute Gasteiger partial charge is 0.229 e. The van der Waals surface area contributed by atoms with Gasteiger partial charge >= 0.3 is 0 Å². The van der Waals surface area contributed by atoms with Crippen molar-refractivity contribution in [1.29, 1.82) is 0 Å².